The van der Waals surface area contributed by atoms with Gasteiger partial charge in [0.2, 0.25) is 0 Å². The number of nitrogens with zero attached hydrogens (tertiary/aromatic N) is 1. The first-order chi connectivity index (χ1) is 7.74. The first-order valence-electron chi connectivity index (χ1n) is 7.24. The van der Waals surface area contributed by atoms with Gasteiger partial charge in [0.1, 0.15) is 0 Å². The van der Waals surface area contributed by atoms with Crippen LogP contribution in [0.1, 0.15) is 52.9 Å². The monoisotopic (exact) mass is 224 g/mol. The van der Waals surface area contributed by atoms with Gasteiger partial charge in [-0.2, -0.15) is 0 Å². The zero-order chi connectivity index (χ0) is 11.5. The quantitative estimate of drug-likeness (QED) is 0.772. The van der Waals surface area contributed by atoms with Gasteiger partial charge in [0, 0.05) is 18.1 Å². The summed E-state index contributed by atoms with van der Waals surface area (Å²) < 4.78 is 0. The van der Waals surface area contributed by atoms with E-state index in [9.17, 15) is 0 Å². The van der Waals surface area contributed by atoms with Crippen LogP contribution in [-0.4, -0.2) is 36.1 Å². The molecule has 2 rings (SSSR count). The van der Waals surface area contributed by atoms with Crippen LogP contribution in [0.3, 0.4) is 0 Å². The maximum Gasteiger partial charge on any atom is 0.00989 e. The van der Waals surface area contributed by atoms with Gasteiger partial charge in [-0.25, -0.2) is 0 Å². The SMILES string of the molecule is CCC(CC)N1CCC(NC2CC2C)CC1. The first-order valence-corrected chi connectivity index (χ1v) is 7.24. The normalized spacial score (nSPS) is 32.2. The van der Waals surface area contributed by atoms with E-state index in [0.717, 1.165) is 24.0 Å². The maximum absolute atomic E-state index is 3.81. The number of rotatable bonds is 5. The molecule has 16 heavy (non-hydrogen) atoms. The summed E-state index contributed by atoms with van der Waals surface area (Å²) in [6.07, 6.45) is 6.76. The van der Waals surface area contributed by atoms with E-state index < -0.39 is 0 Å². The molecule has 0 aromatic carbocycles. The van der Waals surface area contributed by atoms with Crippen LogP contribution in [0, 0.1) is 5.92 Å². The second-order valence-electron chi connectivity index (χ2n) is 5.77. The highest BCUT2D eigenvalue weighted by molar-refractivity contribution is 4.93. The molecular formula is C14H28N2. The van der Waals surface area contributed by atoms with Crippen LogP contribution in [0.25, 0.3) is 0 Å². The molecule has 2 atom stereocenters. The largest absolute Gasteiger partial charge is 0.311 e. The van der Waals surface area contributed by atoms with Crippen molar-refractivity contribution < 1.29 is 0 Å². The number of nitrogens with one attached hydrogen (secondary N) is 1. The Hall–Kier alpha value is -0.0800. The van der Waals surface area contributed by atoms with Gasteiger partial charge in [0.25, 0.3) is 0 Å². The molecule has 0 bridgehead atoms. The van der Waals surface area contributed by atoms with Crippen molar-refractivity contribution in [3.8, 4) is 0 Å². The van der Waals surface area contributed by atoms with Crippen molar-refractivity contribution in [2.24, 2.45) is 5.92 Å². The third kappa shape index (κ3) is 2.98. The number of likely N-dealkylation sites (tertiary alicyclic amines) is 1. The Morgan fingerprint density at radius 1 is 1.19 bits per heavy atom. The van der Waals surface area contributed by atoms with Gasteiger partial charge < -0.3 is 10.2 Å². The molecular weight excluding hydrogens is 196 g/mol. The van der Waals surface area contributed by atoms with Crippen molar-refractivity contribution in [3.05, 3.63) is 0 Å². The summed E-state index contributed by atoms with van der Waals surface area (Å²) >= 11 is 0. The first kappa shape index (κ1) is 12.4. The van der Waals surface area contributed by atoms with Gasteiger partial charge in [0.15, 0.2) is 0 Å². The van der Waals surface area contributed by atoms with Gasteiger partial charge >= 0.3 is 0 Å². The van der Waals surface area contributed by atoms with E-state index in [1.807, 2.05) is 0 Å². The third-order valence-electron chi connectivity index (χ3n) is 4.55. The van der Waals surface area contributed by atoms with E-state index >= 15 is 0 Å². The summed E-state index contributed by atoms with van der Waals surface area (Å²) in [6, 6.07) is 2.49. The van der Waals surface area contributed by atoms with Gasteiger partial charge in [-0.1, -0.05) is 20.8 Å². The minimum Gasteiger partial charge on any atom is -0.311 e. The van der Waals surface area contributed by atoms with Crippen molar-refractivity contribution in [3.63, 3.8) is 0 Å². The summed E-state index contributed by atoms with van der Waals surface area (Å²) in [7, 11) is 0. The van der Waals surface area contributed by atoms with Crippen molar-refractivity contribution in [2.75, 3.05) is 13.1 Å². The zero-order valence-electron chi connectivity index (χ0n) is 11.2. The second kappa shape index (κ2) is 5.50. The van der Waals surface area contributed by atoms with E-state index in [0.29, 0.717) is 0 Å². The summed E-state index contributed by atoms with van der Waals surface area (Å²) in [6.45, 7) is 9.63. The molecule has 0 radical (unpaired) electrons. The molecule has 0 spiro atoms. The minimum absolute atomic E-state index is 0.806. The highest BCUT2D eigenvalue weighted by Crippen LogP contribution is 2.30. The molecule has 1 heterocycles. The van der Waals surface area contributed by atoms with E-state index in [4.69, 9.17) is 0 Å². The fourth-order valence-electron chi connectivity index (χ4n) is 3.09. The van der Waals surface area contributed by atoms with Gasteiger partial charge in [0.05, 0.1) is 0 Å². The molecule has 1 aliphatic heterocycles. The summed E-state index contributed by atoms with van der Waals surface area (Å²) in [4.78, 5) is 2.70. The number of piperidine rings is 1. The van der Waals surface area contributed by atoms with Crippen molar-refractivity contribution in [2.45, 2.75) is 71.0 Å². The molecule has 1 N–H and O–H groups in total. The Bertz CT molecular complexity index is 205. The summed E-state index contributed by atoms with van der Waals surface area (Å²) in [5.41, 5.74) is 0. The highest BCUT2D eigenvalue weighted by atomic mass is 15.2. The van der Waals surface area contributed by atoms with Crippen molar-refractivity contribution in [1.29, 1.82) is 0 Å². The number of hydrogen-bond donors (Lipinski definition) is 1. The predicted octanol–water partition coefficient (Wildman–Crippen LogP) is 2.64. The zero-order valence-corrected chi connectivity index (χ0v) is 11.2. The highest BCUT2D eigenvalue weighted by Gasteiger charge is 2.35. The lowest BCUT2D eigenvalue weighted by Gasteiger charge is -2.37. The number of hydrogen-bond acceptors (Lipinski definition) is 2. The molecule has 2 heteroatoms. The molecule has 0 amide bonds. The van der Waals surface area contributed by atoms with E-state index in [-0.39, 0.29) is 0 Å². The van der Waals surface area contributed by atoms with Gasteiger partial charge in [-0.15, -0.1) is 0 Å². The standard InChI is InChI=1S/C14H28N2/c1-4-13(5-2)16-8-6-12(7-9-16)15-14-10-11(14)3/h11-15H,4-10H2,1-3H3. The lowest BCUT2D eigenvalue weighted by molar-refractivity contribution is 0.135. The predicted molar refractivity (Wildman–Crippen MR) is 69.7 cm³/mol. The Kier molecular flexibility index (Phi) is 4.26. The average molecular weight is 224 g/mol. The molecule has 1 saturated carbocycles. The average Bonchev–Trinajstić information content (AvgIpc) is 2.98. The third-order valence-corrected chi connectivity index (χ3v) is 4.55. The lowest BCUT2D eigenvalue weighted by atomic mass is 10.0. The molecule has 1 aliphatic carbocycles. The van der Waals surface area contributed by atoms with Crippen LogP contribution in [0.5, 0.6) is 0 Å². The van der Waals surface area contributed by atoms with Crippen LogP contribution in [-0.2, 0) is 0 Å². The molecule has 2 nitrogen and oxygen atoms in total. The summed E-state index contributed by atoms with van der Waals surface area (Å²) in [5, 5.41) is 3.81. The summed E-state index contributed by atoms with van der Waals surface area (Å²) in [5.74, 6) is 0.942. The van der Waals surface area contributed by atoms with Crippen molar-refractivity contribution in [1.82, 2.24) is 10.2 Å². The van der Waals surface area contributed by atoms with E-state index in [1.54, 1.807) is 0 Å². The smallest absolute Gasteiger partial charge is 0.00989 e. The molecule has 2 aliphatic rings. The minimum atomic E-state index is 0.806. The fraction of sp³-hybridized carbons (Fsp3) is 1.00. The molecule has 2 unspecified atom stereocenters. The second-order valence-corrected chi connectivity index (χ2v) is 5.77. The van der Waals surface area contributed by atoms with Crippen molar-refractivity contribution >= 4 is 0 Å². The Morgan fingerprint density at radius 3 is 2.19 bits per heavy atom. The van der Waals surface area contributed by atoms with E-state index in [1.165, 1.54) is 45.2 Å². The van der Waals surface area contributed by atoms with E-state index in [2.05, 4.69) is 31.0 Å². The van der Waals surface area contributed by atoms with Crippen LogP contribution in [0.4, 0.5) is 0 Å². The molecule has 0 aromatic heterocycles. The van der Waals surface area contributed by atoms with Gasteiger partial charge in [-0.3, -0.25) is 0 Å². The Labute approximate surface area is 101 Å². The molecule has 2 fully saturated rings. The molecule has 94 valence electrons. The molecule has 1 saturated heterocycles. The lowest BCUT2D eigenvalue weighted by Crippen LogP contribution is -2.47. The van der Waals surface area contributed by atoms with Crippen LogP contribution >= 0.6 is 0 Å². The maximum atomic E-state index is 3.81. The van der Waals surface area contributed by atoms with Crippen LogP contribution in [0.2, 0.25) is 0 Å². The Balaban J connectivity index is 1.69. The van der Waals surface area contributed by atoms with Gasteiger partial charge in [-0.05, 0) is 51.1 Å². The molecule has 0 aromatic rings. The fourth-order valence-corrected chi connectivity index (χ4v) is 3.09. The topological polar surface area (TPSA) is 15.3 Å². The Morgan fingerprint density at radius 2 is 1.75 bits per heavy atom. The van der Waals surface area contributed by atoms with Crippen LogP contribution in [0.15, 0.2) is 0 Å². The van der Waals surface area contributed by atoms with Crippen LogP contribution < -0.4 is 5.32 Å².